The van der Waals surface area contributed by atoms with Crippen molar-refractivity contribution in [2.45, 2.75) is 30.1 Å². The van der Waals surface area contributed by atoms with Gasteiger partial charge in [-0.05, 0) is 109 Å². The van der Waals surface area contributed by atoms with Gasteiger partial charge in [0.15, 0.2) is 0 Å². The molecule has 14 rings (SSSR count). The largest absolute Gasteiger partial charge is 0.309 e. The number of fused-ring (bicyclic) bond motifs is 8. The summed E-state index contributed by atoms with van der Waals surface area (Å²) in [4.78, 5) is 5.12. The van der Waals surface area contributed by atoms with Crippen LogP contribution in [0.25, 0.3) is 21.9 Å². The second-order valence-electron chi connectivity index (χ2n) is 19.9. The fourth-order valence-corrected chi connectivity index (χ4v) is 13.2. The average Bonchev–Trinajstić information content (AvgIpc) is 3.67. The zero-order chi connectivity index (χ0) is 47.3. The van der Waals surface area contributed by atoms with Gasteiger partial charge in [-0.1, -0.05) is 238 Å². The van der Waals surface area contributed by atoms with E-state index in [1.54, 1.807) is 0 Å². The third-order valence-electron chi connectivity index (χ3n) is 16.2. The van der Waals surface area contributed by atoms with E-state index in [-0.39, 0.29) is 5.41 Å². The topological polar surface area (TPSA) is 6.48 Å². The van der Waals surface area contributed by atoms with Crippen molar-refractivity contribution >= 4 is 44.9 Å². The molecular weight excluding hydrogens is 857 g/mol. The molecule has 0 atom stereocenters. The Morgan fingerprint density at radius 1 is 0.239 bits per heavy atom. The lowest BCUT2D eigenvalue weighted by Gasteiger charge is -2.47. The highest BCUT2D eigenvalue weighted by Gasteiger charge is 2.50. The molecule has 3 aliphatic rings. The summed E-state index contributed by atoms with van der Waals surface area (Å²) in [5.41, 5.74) is 20.9. The summed E-state index contributed by atoms with van der Waals surface area (Å²) < 4.78 is 0. The van der Waals surface area contributed by atoms with Crippen LogP contribution in [-0.4, -0.2) is 0 Å². The number of benzene rings is 11. The van der Waals surface area contributed by atoms with Gasteiger partial charge in [-0.25, -0.2) is 0 Å². The fourth-order valence-electron chi connectivity index (χ4n) is 13.2. The van der Waals surface area contributed by atoms with Gasteiger partial charge in [0, 0.05) is 16.2 Å². The Morgan fingerprint density at radius 2 is 0.577 bits per heavy atom. The first-order chi connectivity index (χ1) is 35.0. The van der Waals surface area contributed by atoms with Gasteiger partial charge < -0.3 is 9.80 Å². The van der Waals surface area contributed by atoms with E-state index in [4.69, 9.17) is 0 Å². The molecule has 2 heteroatoms. The minimum absolute atomic E-state index is 0.207. The normalized spacial score (nSPS) is 15.2. The smallest absolute Gasteiger partial charge is 0.0742 e. The molecule has 0 amide bonds. The summed E-state index contributed by atoms with van der Waals surface area (Å²) in [6.07, 6.45) is 0. The number of hydrogen-bond donors (Lipinski definition) is 0. The summed E-state index contributed by atoms with van der Waals surface area (Å²) in [6, 6.07) is 99.9. The number of rotatable bonds is 6. The number of nitrogens with zero attached hydrogens (tertiary/aromatic N) is 2. The Balaban J connectivity index is 1.05. The van der Waals surface area contributed by atoms with E-state index in [9.17, 15) is 0 Å². The molecule has 0 unspecified atom stereocenters. The van der Waals surface area contributed by atoms with Gasteiger partial charge in [-0.3, -0.25) is 0 Å². The number of hydrogen-bond acceptors (Lipinski definition) is 2. The molecule has 336 valence electrons. The van der Waals surface area contributed by atoms with Gasteiger partial charge in [0.05, 0.1) is 45.0 Å². The maximum atomic E-state index is 2.59. The highest BCUT2D eigenvalue weighted by atomic mass is 15.2. The molecule has 0 saturated carbocycles. The molecule has 2 nitrogen and oxygen atoms in total. The van der Waals surface area contributed by atoms with Crippen molar-refractivity contribution in [3.8, 4) is 11.1 Å². The van der Waals surface area contributed by atoms with E-state index in [1.165, 1.54) is 100 Å². The van der Waals surface area contributed by atoms with E-state index in [1.807, 2.05) is 0 Å². The Morgan fingerprint density at radius 3 is 1.01 bits per heavy atom. The van der Waals surface area contributed by atoms with Crippen molar-refractivity contribution in [3.05, 3.63) is 323 Å². The van der Waals surface area contributed by atoms with Crippen molar-refractivity contribution < 1.29 is 0 Å². The first-order valence-corrected chi connectivity index (χ1v) is 24.9. The number of anilines is 6. The summed E-state index contributed by atoms with van der Waals surface area (Å²) in [6.45, 7) is 4.80. The van der Waals surface area contributed by atoms with Crippen molar-refractivity contribution in [1.82, 2.24) is 0 Å². The van der Waals surface area contributed by atoms with E-state index in [2.05, 4.69) is 291 Å². The van der Waals surface area contributed by atoms with Crippen molar-refractivity contribution in [3.63, 3.8) is 0 Å². The van der Waals surface area contributed by atoms with E-state index >= 15 is 0 Å². The molecule has 71 heavy (non-hydrogen) atoms. The van der Waals surface area contributed by atoms with Gasteiger partial charge in [-0.15, -0.1) is 0 Å². The fraction of sp³-hybridized carbons (Fsp3) is 0.0725. The van der Waals surface area contributed by atoms with Crippen LogP contribution in [0.1, 0.15) is 69.5 Å². The van der Waals surface area contributed by atoms with Crippen molar-refractivity contribution in [2.75, 3.05) is 9.80 Å². The van der Waals surface area contributed by atoms with Crippen LogP contribution in [0.2, 0.25) is 0 Å². The van der Waals surface area contributed by atoms with Crippen LogP contribution in [0.4, 0.5) is 34.1 Å². The third-order valence-corrected chi connectivity index (χ3v) is 16.2. The predicted octanol–water partition coefficient (Wildman–Crippen LogP) is 17.5. The van der Waals surface area contributed by atoms with E-state index in [0.29, 0.717) is 0 Å². The highest BCUT2D eigenvalue weighted by molar-refractivity contribution is 6.09. The first kappa shape index (κ1) is 41.3. The van der Waals surface area contributed by atoms with Gasteiger partial charge in [0.1, 0.15) is 0 Å². The molecule has 0 spiro atoms. The number of para-hydroxylation sites is 3. The van der Waals surface area contributed by atoms with Crippen LogP contribution in [0, 0.1) is 0 Å². The summed E-state index contributed by atoms with van der Waals surface area (Å²) >= 11 is 0. The minimum atomic E-state index is -0.622. The van der Waals surface area contributed by atoms with Crippen molar-refractivity contribution in [2.24, 2.45) is 0 Å². The zero-order valence-corrected chi connectivity index (χ0v) is 39.8. The second-order valence-corrected chi connectivity index (χ2v) is 19.9. The molecule has 2 aliphatic heterocycles. The molecule has 1 aliphatic carbocycles. The lowest BCUT2D eigenvalue weighted by molar-refractivity contribution is 0.658. The Hall–Kier alpha value is -8.72. The molecule has 0 bridgehead atoms. The maximum absolute atomic E-state index is 2.59. The highest BCUT2D eigenvalue weighted by Crippen LogP contribution is 2.63. The van der Waals surface area contributed by atoms with Gasteiger partial charge in [0.2, 0.25) is 0 Å². The van der Waals surface area contributed by atoms with Gasteiger partial charge >= 0.3 is 0 Å². The molecule has 0 saturated heterocycles. The molecular formula is C69H50N2. The van der Waals surface area contributed by atoms with E-state index in [0.717, 1.165) is 11.4 Å². The Labute approximate surface area is 416 Å². The van der Waals surface area contributed by atoms with Crippen LogP contribution in [0.3, 0.4) is 0 Å². The van der Waals surface area contributed by atoms with E-state index < -0.39 is 10.8 Å². The van der Waals surface area contributed by atoms with Crippen LogP contribution < -0.4 is 9.80 Å². The zero-order valence-electron chi connectivity index (χ0n) is 39.8. The predicted molar refractivity (Wildman–Crippen MR) is 295 cm³/mol. The van der Waals surface area contributed by atoms with Crippen LogP contribution in [0.15, 0.2) is 267 Å². The van der Waals surface area contributed by atoms with Gasteiger partial charge in [-0.2, -0.15) is 0 Å². The molecule has 0 N–H and O–H groups in total. The maximum Gasteiger partial charge on any atom is 0.0742 e. The average molecular weight is 907 g/mol. The lowest BCUT2D eigenvalue weighted by Crippen LogP contribution is -2.38. The van der Waals surface area contributed by atoms with Gasteiger partial charge in [0.25, 0.3) is 0 Å². The first-order valence-electron chi connectivity index (χ1n) is 24.9. The molecule has 11 aromatic rings. The molecule has 2 heterocycles. The summed E-state index contributed by atoms with van der Waals surface area (Å²) in [7, 11) is 0. The Kier molecular flexibility index (Phi) is 9.10. The summed E-state index contributed by atoms with van der Waals surface area (Å²) in [5.74, 6) is 0. The van der Waals surface area contributed by atoms with Crippen molar-refractivity contribution in [1.29, 1.82) is 0 Å². The molecule has 11 aromatic carbocycles. The molecule has 0 radical (unpaired) electrons. The van der Waals surface area contributed by atoms with Crippen LogP contribution >= 0.6 is 0 Å². The SMILES string of the molecule is CC1(C)c2ccccc2-c2cc3c(cc21)N(c1cccc2c(N4c5ccccc5C(c5ccccc5)(c5ccccc5)c5ccccc54)cccc12)c1ccccc1C3(c1ccccc1)c1ccccc1. The van der Waals surface area contributed by atoms with Crippen LogP contribution in [-0.2, 0) is 16.2 Å². The van der Waals surface area contributed by atoms with Crippen LogP contribution in [0.5, 0.6) is 0 Å². The lowest BCUT2D eigenvalue weighted by atomic mass is 9.62. The summed E-state index contributed by atoms with van der Waals surface area (Å²) in [5, 5.41) is 2.36. The molecule has 0 aromatic heterocycles. The minimum Gasteiger partial charge on any atom is -0.309 e. The standard InChI is InChI=1S/C69H50N2/c1-67(2)55-36-16-15-33-51(55)54-45-60-66(46-59(54)67)71(65-42-22-19-39-58(65)69(60,49-29-11-5-12-30-49)50-31-13-6-14-32-50)62-44-24-34-52-53(62)35-23-43-61(52)70-63-40-20-17-37-56(63)68(47-25-7-3-8-26-47,48-27-9-4-10-28-48)57-38-18-21-41-64(57)70/h3-46H,1-2H3. The molecule has 0 fully saturated rings. The third kappa shape index (κ3) is 5.65. The Bertz CT molecular complexity index is 3730. The second kappa shape index (κ2) is 15.7. The quantitative estimate of drug-likeness (QED) is 0.164. The monoisotopic (exact) mass is 906 g/mol.